The fourth-order valence-electron chi connectivity index (χ4n) is 1.89. The Hall–Kier alpha value is -1.69. The van der Waals surface area contributed by atoms with Crippen molar-refractivity contribution >= 4 is 11.7 Å². The summed E-state index contributed by atoms with van der Waals surface area (Å²) in [6.45, 7) is 5.40. The van der Waals surface area contributed by atoms with Crippen LogP contribution in [-0.4, -0.2) is 41.4 Å². The zero-order valence-electron chi connectivity index (χ0n) is 10.6. The highest BCUT2D eigenvalue weighted by atomic mass is 16.5. The van der Waals surface area contributed by atoms with Gasteiger partial charge in [0.2, 0.25) is 0 Å². The first-order chi connectivity index (χ1) is 8.70. The summed E-state index contributed by atoms with van der Waals surface area (Å²) in [6, 6.07) is 3.48. The van der Waals surface area contributed by atoms with E-state index in [1.54, 1.807) is 12.1 Å². The maximum atomic E-state index is 11.9. The monoisotopic (exact) mass is 250 g/mol. The summed E-state index contributed by atoms with van der Waals surface area (Å²) in [5, 5.41) is 13.8. The number of carbonyl (C=O) groups is 1. The molecular weight excluding hydrogens is 232 g/mol. The number of nitrogens with one attached hydrogen (secondary N) is 2. The first-order valence-electron chi connectivity index (χ1n) is 6.20. The predicted octanol–water partition coefficient (Wildman–Crippen LogP) is 0.816. The highest BCUT2D eigenvalue weighted by Gasteiger charge is 2.26. The topological polar surface area (TPSA) is 76.1 Å². The van der Waals surface area contributed by atoms with Crippen LogP contribution in [0.4, 0.5) is 5.82 Å². The first kappa shape index (κ1) is 12.8. The number of anilines is 1. The van der Waals surface area contributed by atoms with Crippen molar-refractivity contribution in [1.29, 1.82) is 0 Å². The average Bonchev–Trinajstić information content (AvgIpc) is 2.76. The van der Waals surface area contributed by atoms with E-state index in [1.807, 2.05) is 13.8 Å². The summed E-state index contributed by atoms with van der Waals surface area (Å²) >= 11 is 0. The number of amides is 1. The summed E-state index contributed by atoms with van der Waals surface area (Å²) in [5.74, 6) is 0.472. The molecule has 1 saturated heterocycles. The van der Waals surface area contributed by atoms with Gasteiger partial charge in [0.15, 0.2) is 5.69 Å². The summed E-state index contributed by atoms with van der Waals surface area (Å²) in [6.07, 6.45) is 0.901. The van der Waals surface area contributed by atoms with E-state index in [9.17, 15) is 4.79 Å². The third-order valence-electron chi connectivity index (χ3n) is 2.95. The molecule has 1 aromatic heterocycles. The lowest BCUT2D eigenvalue weighted by Crippen LogP contribution is -2.39. The van der Waals surface area contributed by atoms with Crippen LogP contribution < -0.4 is 10.6 Å². The molecule has 0 aromatic carbocycles. The maximum absolute atomic E-state index is 11.9. The molecule has 0 aliphatic carbocycles. The molecule has 1 amide bonds. The summed E-state index contributed by atoms with van der Waals surface area (Å²) < 4.78 is 5.39. The van der Waals surface area contributed by atoms with Gasteiger partial charge in [0.25, 0.3) is 5.91 Å². The molecule has 18 heavy (non-hydrogen) atoms. The van der Waals surface area contributed by atoms with Crippen molar-refractivity contribution in [2.45, 2.75) is 32.4 Å². The predicted molar refractivity (Wildman–Crippen MR) is 67.5 cm³/mol. The Morgan fingerprint density at radius 3 is 2.89 bits per heavy atom. The Bertz CT molecular complexity index is 407. The van der Waals surface area contributed by atoms with Crippen LogP contribution in [0.5, 0.6) is 0 Å². The number of hydrogen-bond donors (Lipinski definition) is 2. The zero-order valence-corrected chi connectivity index (χ0v) is 10.6. The largest absolute Gasteiger partial charge is 0.376 e. The lowest BCUT2D eigenvalue weighted by atomic mass is 10.1. The summed E-state index contributed by atoms with van der Waals surface area (Å²) in [7, 11) is 0. The van der Waals surface area contributed by atoms with Crippen molar-refractivity contribution in [2.24, 2.45) is 0 Å². The minimum absolute atomic E-state index is 0.0583. The van der Waals surface area contributed by atoms with Crippen molar-refractivity contribution in [2.75, 3.05) is 18.5 Å². The fraction of sp³-hybridized carbons (Fsp3) is 0.583. The van der Waals surface area contributed by atoms with E-state index in [2.05, 4.69) is 20.8 Å². The van der Waals surface area contributed by atoms with Crippen LogP contribution in [0.1, 0.15) is 30.8 Å². The number of nitrogens with zero attached hydrogens (tertiary/aromatic N) is 2. The molecule has 2 atom stereocenters. The summed E-state index contributed by atoms with van der Waals surface area (Å²) in [5.41, 5.74) is 0.329. The molecule has 0 spiro atoms. The Balaban J connectivity index is 1.96. The second-order valence-electron chi connectivity index (χ2n) is 4.28. The van der Waals surface area contributed by atoms with Crippen LogP contribution in [0.3, 0.4) is 0 Å². The quantitative estimate of drug-likeness (QED) is 0.827. The molecule has 2 unspecified atom stereocenters. The van der Waals surface area contributed by atoms with Crippen LogP contribution in [0, 0.1) is 0 Å². The highest BCUT2D eigenvalue weighted by Crippen LogP contribution is 2.13. The third kappa shape index (κ3) is 2.95. The van der Waals surface area contributed by atoms with Crippen LogP contribution in [0.15, 0.2) is 12.1 Å². The van der Waals surface area contributed by atoms with Gasteiger partial charge in [-0.1, -0.05) is 0 Å². The van der Waals surface area contributed by atoms with Crippen LogP contribution >= 0.6 is 0 Å². The Morgan fingerprint density at radius 1 is 1.50 bits per heavy atom. The van der Waals surface area contributed by atoms with Crippen molar-refractivity contribution in [1.82, 2.24) is 15.5 Å². The van der Waals surface area contributed by atoms with Gasteiger partial charge in [0.05, 0.1) is 12.1 Å². The van der Waals surface area contributed by atoms with Gasteiger partial charge in [0.1, 0.15) is 5.82 Å². The molecule has 0 saturated carbocycles. The van der Waals surface area contributed by atoms with E-state index in [-0.39, 0.29) is 18.1 Å². The van der Waals surface area contributed by atoms with Gasteiger partial charge >= 0.3 is 0 Å². The molecule has 6 nitrogen and oxygen atoms in total. The Morgan fingerprint density at radius 2 is 2.33 bits per heavy atom. The lowest BCUT2D eigenvalue weighted by molar-refractivity contribution is 0.0861. The molecule has 6 heteroatoms. The van der Waals surface area contributed by atoms with Crippen molar-refractivity contribution in [3.63, 3.8) is 0 Å². The maximum Gasteiger partial charge on any atom is 0.272 e. The fourth-order valence-corrected chi connectivity index (χ4v) is 1.89. The standard InChI is InChI=1S/C12H18N4O2/c1-3-13-11-5-4-10(15-16-11)12(17)14-9-6-7-18-8(9)2/h4-5,8-9H,3,6-7H2,1-2H3,(H,13,16)(H,14,17). The van der Waals surface area contributed by atoms with Gasteiger partial charge in [-0.05, 0) is 32.4 Å². The van der Waals surface area contributed by atoms with E-state index < -0.39 is 0 Å². The second kappa shape index (κ2) is 5.77. The minimum Gasteiger partial charge on any atom is -0.376 e. The second-order valence-corrected chi connectivity index (χ2v) is 4.28. The molecule has 1 aromatic rings. The SMILES string of the molecule is CCNc1ccc(C(=O)NC2CCOC2C)nn1. The number of hydrogen-bond acceptors (Lipinski definition) is 5. The minimum atomic E-state index is -0.201. The molecular formula is C12H18N4O2. The molecule has 1 fully saturated rings. The molecule has 2 rings (SSSR count). The van der Waals surface area contributed by atoms with E-state index in [0.29, 0.717) is 18.1 Å². The molecule has 0 radical (unpaired) electrons. The van der Waals surface area contributed by atoms with Gasteiger partial charge in [-0.15, -0.1) is 10.2 Å². The van der Waals surface area contributed by atoms with Gasteiger partial charge in [0, 0.05) is 13.2 Å². The van der Waals surface area contributed by atoms with Crippen molar-refractivity contribution in [3.05, 3.63) is 17.8 Å². The van der Waals surface area contributed by atoms with Crippen LogP contribution in [-0.2, 0) is 4.74 Å². The zero-order chi connectivity index (χ0) is 13.0. The van der Waals surface area contributed by atoms with E-state index in [1.165, 1.54) is 0 Å². The van der Waals surface area contributed by atoms with E-state index in [0.717, 1.165) is 13.0 Å². The number of rotatable bonds is 4. The molecule has 1 aliphatic heterocycles. The van der Waals surface area contributed by atoms with Crippen molar-refractivity contribution in [3.8, 4) is 0 Å². The average molecular weight is 250 g/mol. The van der Waals surface area contributed by atoms with Crippen molar-refractivity contribution < 1.29 is 9.53 Å². The van der Waals surface area contributed by atoms with Crippen LogP contribution in [0.25, 0.3) is 0 Å². The smallest absolute Gasteiger partial charge is 0.272 e. The normalized spacial score (nSPS) is 22.8. The number of carbonyl (C=O) groups excluding carboxylic acids is 1. The van der Waals surface area contributed by atoms with Crippen LogP contribution in [0.2, 0.25) is 0 Å². The summed E-state index contributed by atoms with van der Waals surface area (Å²) in [4.78, 5) is 11.9. The van der Waals surface area contributed by atoms with Gasteiger partial charge < -0.3 is 15.4 Å². The highest BCUT2D eigenvalue weighted by molar-refractivity contribution is 5.92. The molecule has 2 N–H and O–H groups in total. The number of ether oxygens (including phenoxy) is 1. The Kier molecular flexibility index (Phi) is 4.09. The molecule has 2 heterocycles. The van der Waals surface area contributed by atoms with Gasteiger partial charge in [-0.25, -0.2) is 0 Å². The van der Waals surface area contributed by atoms with E-state index in [4.69, 9.17) is 4.74 Å². The molecule has 0 bridgehead atoms. The van der Waals surface area contributed by atoms with Gasteiger partial charge in [-0.3, -0.25) is 4.79 Å². The third-order valence-corrected chi connectivity index (χ3v) is 2.95. The lowest BCUT2D eigenvalue weighted by Gasteiger charge is -2.15. The van der Waals surface area contributed by atoms with E-state index >= 15 is 0 Å². The first-order valence-corrected chi connectivity index (χ1v) is 6.20. The Labute approximate surface area is 106 Å². The molecule has 1 aliphatic rings. The molecule has 98 valence electrons. The van der Waals surface area contributed by atoms with Gasteiger partial charge in [-0.2, -0.15) is 0 Å². The number of aromatic nitrogens is 2.